The number of carbonyl (C=O) groups is 3. The number of rotatable bonds is 5. The maximum atomic E-state index is 13.4. The Morgan fingerprint density at radius 1 is 1.17 bits per heavy atom. The molecule has 3 heterocycles. The summed E-state index contributed by atoms with van der Waals surface area (Å²) in [5.74, 6) is -0.184. The third kappa shape index (κ3) is 5.12. The topological polar surface area (TPSA) is 123 Å². The zero-order valence-corrected chi connectivity index (χ0v) is 19.6. The summed E-state index contributed by atoms with van der Waals surface area (Å²) >= 11 is 0. The molecule has 0 bridgehead atoms. The van der Waals surface area contributed by atoms with Crippen LogP contribution in [0.1, 0.15) is 59.4 Å². The minimum Gasteiger partial charge on any atom is -0.490 e. The van der Waals surface area contributed by atoms with Crippen molar-refractivity contribution >= 4 is 23.4 Å². The minimum atomic E-state index is -0.418. The molecular formula is C25H29N5O5. The lowest BCUT2D eigenvalue weighted by molar-refractivity contribution is -0.135. The molecule has 3 amide bonds. The molecule has 10 nitrogen and oxygen atoms in total. The van der Waals surface area contributed by atoms with Crippen LogP contribution in [0, 0.1) is 0 Å². The predicted octanol–water partition coefficient (Wildman–Crippen LogP) is 2.17. The Morgan fingerprint density at radius 2 is 2.03 bits per heavy atom. The van der Waals surface area contributed by atoms with Gasteiger partial charge in [0.15, 0.2) is 0 Å². The van der Waals surface area contributed by atoms with Gasteiger partial charge in [-0.05, 0) is 50.3 Å². The molecular weight excluding hydrogens is 450 g/mol. The summed E-state index contributed by atoms with van der Waals surface area (Å²) in [4.78, 5) is 47.7. The molecule has 0 spiro atoms. The van der Waals surface area contributed by atoms with E-state index < -0.39 is 5.91 Å². The van der Waals surface area contributed by atoms with Gasteiger partial charge < -0.3 is 25.0 Å². The average Bonchev–Trinajstić information content (AvgIpc) is 2.84. The van der Waals surface area contributed by atoms with E-state index >= 15 is 0 Å². The highest BCUT2D eigenvalue weighted by Crippen LogP contribution is 2.32. The second kappa shape index (κ2) is 9.99. The van der Waals surface area contributed by atoms with Gasteiger partial charge in [0.2, 0.25) is 5.91 Å². The van der Waals surface area contributed by atoms with Crippen LogP contribution in [-0.4, -0.2) is 70.5 Å². The lowest BCUT2D eigenvalue weighted by Gasteiger charge is -2.42. The molecule has 3 aliphatic rings. The highest BCUT2D eigenvalue weighted by molar-refractivity contribution is 6.04. The van der Waals surface area contributed by atoms with Gasteiger partial charge in [-0.3, -0.25) is 19.4 Å². The quantitative estimate of drug-likeness (QED) is 0.674. The number of fused-ring (bicyclic) bond motifs is 2. The van der Waals surface area contributed by atoms with Crippen molar-refractivity contribution in [3.05, 3.63) is 48.0 Å². The van der Waals surface area contributed by atoms with E-state index in [1.165, 1.54) is 25.0 Å². The van der Waals surface area contributed by atoms with Gasteiger partial charge in [-0.15, -0.1) is 0 Å². The standard InChI is InChI=1S/C25H29N5O5/c1-30-20-7-6-17(12-23(31)28-15-3-2-4-15)35-22(20)14-34-21-8-5-16(11-18(21)25(30)33)29-24(32)19-13-26-9-10-27-19/h5,8-11,13,15,17,20,22H,2-4,6-7,12,14H2,1H3,(H,28,31)(H,29,32)/t17-,20-,22-/m1/s1. The zero-order chi connectivity index (χ0) is 24.4. The second-order valence-corrected chi connectivity index (χ2v) is 9.32. The second-order valence-electron chi connectivity index (χ2n) is 9.32. The fourth-order valence-electron chi connectivity index (χ4n) is 4.76. The molecule has 1 aromatic heterocycles. The maximum Gasteiger partial charge on any atom is 0.275 e. The van der Waals surface area contributed by atoms with Crippen molar-refractivity contribution in [2.24, 2.45) is 0 Å². The first-order valence-electron chi connectivity index (χ1n) is 12.0. The van der Waals surface area contributed by atoms with Crippen LogP contribution >= 0.6 is 0 Å². The minimum absolute atomic E-state index is 0.0238. The van der Waals surface area contributed by atoms with Gasteiger partial charge in [0.25, 0.3) is 11.8 Å². The van der Waals surface area contributed by atoms with E-state index in [4.69, 9.17) is 9.47 Å². The van der Waals surface area contributed by atoms with Crippen LogP contribution in [0.5, 0.6) is 5.75 Å². The molecule has 35 heavy (non-hydrogen) atoms. The largest absolute Gasteiger partial charge is 0.490 e. The third-order valence-electron chi connectivity index (χ3n) is 6.95. The molecule has 2 fully saturated rings. The van der Waals surface area contributed by atoms with Crippen LogP contribution in [0.4, 0.5) is 5.69 Å². The molecule has 2 N–H and O–H groups in total. The highest BCUT2D eigenvalue weighted by Gasteiger charge is 2.39. The Labute approximate surface area is 203 Å². The Balaban J connectivity index is 1.26. The predicted molar refractivity (Wildman–Crippen MR) is 126 cm³/mol. The number of nitrogens with zero attached hydrogens (tertiary/aromatic N) is 3. The fourth-order valence-corrected chi connectivity index (χ4v) is 4.76. The summed E-state index contributed by atoms with van der Waals surface area (Å²) < 4.78 is 12.2. The van der Waals surface area contributed by atoms with E-state index in [1.807, 2.05) is 0 Å². The summed E-state index contributed by atoms with van der Waals surface area (Å²) in [7, 11) is 1.76. The van der Waals surface area contributed by atoms with Crippen molar-refractivity contribution in [1.82, 2.24) is 20.2 Å². The Kier molecular flexibility index (Phi) is 6.63. The molecule has 2 aliphatic heterocycles. The molecule has 3 atom stereocenters. The number of likely N-dealkylation sites (N-methyl/N-ethyl adjacent to an activating group) is 1. The van der Waals surface area contributed by atoms with Crippen LogP contribution in [0.2, 0.25) is 0 Å². The summed E-state index contributed by atoms with van der Waals surface area (Å²) in [6.07, 6.45) is 8.78. The number of amides is 3. The van der Waals surface area contributed by atoms with Crippen LogP contribution in [0.3, 0.4) is 0 Å². The molecule has 184 valence electrons. The third-order valence-corrected chi connectivity index (χ3v) is 6.95. The first-order chi connectivity index (χ1) is 17.0. The van der Waals surface area contributed by atoms with Crippen molar-refractivity contribution < 1.29 is 23.9 Å². The molecule has 10 heteroatoms. The van der Waals surface area contributed by atoms with E-state index in [-0.39, 0.29) is 42.4 Å². The lowest BCUT2D eigenvalue weighted by Crippen LogP contribution is -2.54. The molecule has 0 unspecified atom stereocenters. The Morgan fingerprint density at radius 3 is 2.77 bits per heavy atom. The molecule has 5 rings (SSSR count). The van der Waals surface area contributed by atoms with E-state index in [2.05, 4.69) is 20.6 Å². The summed E-state index contributed by atoms with van der Waals surface area (Å²) in [6.45, 7) is 0.265. The van der Waals surface area contributed by atoms with Crippen molar-refractivity contribution in [1.29, 1.82) is 0 Å². The number of ether oxygens (including phenoxy) is 2. The van der Waals surface area contributed by atoms with Crippen molar-refractivity contribution in [2.45, 2.75) is 62.8 Å². The van der Waals surface area contributed by atoms with Crippen LogP contribution < -0.4 is 15.4 Å². The maximum absolute atomic E-state index is 13.4. The van der Waals surface area contributed by atoms with Crippen LogP contribution in [0.15, 0.2) is 36.8 Å². The Bertz CT molecular complexity index is 1110. The molecule has 1 aliphatic carbocycles. The van der Waals surface area contributed by atoms with Crippen LogP contribution in [-0.2, 0) is 9.53 Å². The van der Waals surface area contributed by atoms with E-state index in [9.17, 15) is 14.4 Å². The number of carbonyl (C=O) groups excluding carboxylic acids is 3. The van der Waals surface area contributed by atoms with Crippen molar-refractivity contribution in [2.75, 3.05) is 19.0 Å². The van der Waals surface area contributed by atoms with Crippen molar-refractivity contribution in [3.63, 3.8) is 0 Å². The van der Waals surface area contributed by atoms with Gasteiger partial charge >= 0.3 is 0 Å². The van der Waals surface area contributed by atoms with E-state index in [1.54, 1.807) is 30.1 Å². The lowest BCUT2D eigenvalue weighted by atomic mass is 9.92. The number of nitrogens with one attached hydrogen (secondary N) is 2. The zero-order valence-electron chi connectivity index (χ0n) is 19.6. The number of hydrogen-bond donors (Lipinski definition) is 2. The normalized spacial score (nSPS) is 24.1. The van der Waals surface area contributed by atoms with E-state index in [0.717, 1.165) is 19.3 Å². The van der Waals surface area contributed by atoms with Gasteiger partial charge in [-0.2, -0.15) is 0 Å². The van der Waals surface area contributed by atoms with E-state index in [0.29, 0.717) is 35.9 Å². The van der Waals surface area contributed by atoms with Gasteiger partial charge in [0, 0.05) is 31.2 Å². The summed E-state index contributed by atoms with van der Waals surface area (Å²) in [6, 6.07) is 5.09. The summed E-state index contributed by atoms with van der Waals surface area (Å²) in [5, 5.41) is 5.82. The average molecular weight is 480 g/mol. The molecule has 1 aromatic carbocycles. The van der Waals surface area contributed by atoms with Crippen molar-refractivity contribution in [3.8, 4) is 5.75 Å². The number of hydrogen-bond acceptors (Lipinski definition) is 7. The highest BCUT2D eigenvalue weighted by atomic mass is 16.5. The Hall–Kier alpha value is -3.53. The smallest absolute Gasteiger partial charge is 0.275 e. The fraction of sp³-hybridized carbons (Fsp3) is 0.480. The number of anilines is 1. The van der Waals surface area contributed by atoms with Gasteiger partial charge in [0.1, 0.15) is 24.2 Å². The first-order valence-corrected chi connectivity index (χ1v) is 12.0. The van der Waals surface area contributed by atoms with Gasteiger partial charge in [-0.1, -0.05) is 0 Å². The molecule has 1 saturated carbocycles. The molecule has 2 aromatic rings. The monoisotopic (exact) mass is 479 g/mol. The SMILES string of the molecule is CN1C(=O)c2cc(NC(=O)c3cnccn3)ccc2OC[C@H]2O[C@@H](CC(=O)NC3CCC3)CC[C@H]21. The first kappa shape index (κ1) is 23.2. The van der Waals surface area contributed by atoms with Crippen LogP contribution in [0.25, 0.3) is 0 Å². The van der Waals surface area contributed by atoms with Gasteiger partial charge in [-0.25, -0.2) is 4.98 Å². The number of benzene rings is 1. The van der Waals surface area contributed by atoms with Gasteiger partial charge in [0.05, 0.1) is 30.3 Å². The summed E-state index contributed by atoms with van der Waals surface area (Å²) in [5.41, 5.74) is 1.00. The molecule has 1 saturated heterocycles. The molecule has 0 radical (unpaired) electrons. The number of aromatic nitrogens is 2.